The highest BCUT2D eigenvalue weighted by Gasteiger charge is 2.51. The van der Waals surface area contributed by atoms with Crippen LogP contribution in [0.2, 0.25) is 0 Å². The first-order valence-electron chi connectivity index (χ1n) is 10.0. The van der Waals surface area contributed by atoms with Crippen LogP contribution in [-0.2, 0) is 24.4 Å². The third-order valence-electron chi connectivity index (χ3n) is 5.38. The maximum atomic E-state index is 13.4. The largest absolute Gasteiger partial charge is 0.326 e. The number of hydrogen-bond donors (Lipinski definition) is 1. The number of imide groups is 1. The zero-order chi connectivity index (χ0) is 22.3. The van der Waals surface area contributed by atoms with E-state index in [2.05, 4.69) is 5.32 Å². The minimum Gasteiger partial charge on any atom is -0.326 e. The van der Waals surface area contributed by atoms with Crippen molar-refractivity contribution < 1.29 is 22.8 Å². The molecule has 8 nitrogen and oxygen atoms in total. The van der Waals surface area contributed by atoms with Crippen LogP contribution in [0.25, 0.3) is 0 Å². The molecular weight excluding hydrogens is 418 g/mol. The molecule has 162 valence electrons. The second kappa shape index (κ2) is 7.90. The van der Waals surface area contributed by atoms with Crippen LogP contribution < -0.4 is 10.2 Å². The number of hydrogen-bond acceptors (Lipinski definition) is 5. The van der Waals surface area contributed by atoms with Crippen LogP contribution in [0.4, 0.5) is 11.4 Å². The Morgan fingerprint density at radius 1 is 1.03 bits per heavy atom. The summed E-state index contributed by atoms with van der Waals surface area (Å²) < 4.78 is 28.1. The summed E-state index contributed by atoms with van der Waals surface area (Å²) in [6, 6.07) is 11.4. The number of sulfonamides is 1. The van der Waals surface area contributed by atoms with Gasteiger partial charge in [-0.3, -0.25) is 14.4 Å². The van der Waals surface area contributed by atoms with Gasteiger partial charge in [0.2, 0.25) is 21.8 Å². The second-order valence-corrected chi connectivity index (χ2v) is 9.74. The highest BCUT2D eigenvalue weighted by molar-refractivity contribution is 7.89. The van der Waals surface area contributed by atoms with E-state index in [1.165, 1.54) is 35.5 Å². The van der Waals surface area contributed by atoms with Crippen molar-refractivity contribution in [3.05, 3.63) is 54.1 Å². The Balaban J connectivity index is 1.64. The number of carbonyl (C=O) groups excluding carboxylic acids is 3. The Morgan fingerprint density at radius 3 is 2.19 bits per heavy atom. The van der Waals surface area contributed by atoms with Crippen molar-refractivity contribution in [2.24, 2.45) is 0 Å². The molecular formula is C22H23N3O5S. The average molecular weight is 442 g/mol. The van der Waals surface area contributed by atoms with Gasteiger partial charge in [0.25, 0.3) is 5.91 Å². The van der Waals surface area contributed by atoms with Crippen molar-refractivity contribution in [2.75, 3.05) is 10.2 Å². The van der Waals surface area contributed by atoms with E-state index in [0.717, 1.165) is 10.5 Å². The number of aryl methyl sites for hydroxylation is 1. The van der Waals surface area contributed by atoms with Crippen LogP contribution in [0.15, 0.2) is 53.4 Å². The Labute approximate surface area is 180 Å². The van der Waals surface area contributed by atoms with E-state index in [1.54, 1.807) is 24.3 Å². The predicted molar refractivity (Wildman–Crippen MR) is 115 cm³/mol. The van der Waals surface area contributed by atoms with Crippen LogP contribution >= 0.6 is 0 Å². The van der Waals surface area contributed by atoms with E-state index in [-0.39, 0.29) is 23.3 Å². The maximum Gasteiger partial charge on any atom is 0.252 e. The summed E-state index contributed by atoms with van der Waals surface area (Å²) >= 11 is 0. The first-order valence-corrected chi connectivity index (χ1v) is 11.5. The zero-order valence-corrected chi connectivity index (χ0v) is 18.1. The van der Waals surface area contributed by atoms with E-state index >= 15 is 0 Å². The molecule has 0 aromatic heterocycles. The van der Waals surface area contributed by atoms with Crippen LogP contribution in [0.5, 0.6) is 0 Å². The molecule has 2 aromatic carbocycles. The summed E-state index contributed by atoms with van der Waals surface area (Å²) in [6.45, 7) is 3.26. The molecule has 31 heavy (non-hydrogen) atoms. The molecule has 0 bridgehead atoms. The molecule has 2 fully saturated rings. The minimum absolute atomic E-state index is 0.0162. The van der Waals surface area contributed by atoms with Crippen LogP contribution in [0.3, 0.4) is 0 Å². The van der Waals surface area contributed by atoms with Crippen molar-refractivity contribution in [1.82, 2.24) is 4.31 Å². The molecule has 9 heteroatoms. The van der Waals surface area contributed by atoms with Crippen molar-refractivity contribution in [3.8, 4) is 0 Å². The van der Waals surface area contributed by atoms with Crippen molar-refractivity contribution in [1.29, 1.82) is 0 Å². The van der Waals surface area contributed by atoms with Crippen molar-refractivity contribution >= 4 is 39.1 Å². The average Bonchev–Trinajstić information content (AvgIpc) is 3.49. The fourth-order valence-corrected chi connectivity index (χ4v) is 5.59. The summed E-state index contributed by atoms with van der Waals surface area (Å²) in [5.41, 5.74) is 1.90. The SMILES string of the molecule is CC(=O)Nc1ccc(S(=O)(=O)N(C2CC2)C2CC(=O)N(c3ccc(C)cc3)C2=O)cc1. The van der Waals surface area contributed by atoms with Gasteiger partial charge in [-0.15, -0.1) is 0 Å². The number of benzene rings is 2. The smallest absolute Gasteiger partial charge is 0.252 e. The van der Waals surface area contributed by atoms with Gasteiger partial charge in [-0.2, -0.15) is 4.31 Å². The van der Waals surface area contributed by atoms with Gasteiger partial charge in [-0.1, -0.05) is 17.7 Å². The molecule has 1 saturated heterocycles. The fourth-order valence-electron chi connectivity index (χ4n) is 3.76. The molecule has 1 saturated carbocycles. The van der Waals surface area contributed by atoms with Crippen LogP contribution in [0.1, 0.15) is 31.7 Å². The quantitative estimate of drug-likeness (QED) is 0.694. The minimum atomic E-state index is -4.01. The molecule has 1 aliphatic heterocycles. The third kappa shape index (κ3) is 4.11. The topological polar surface area (TPSA) is 104 Å². The Morgan fingerprint density at radius 2 is 1.65 bits per heavy atom. The third-order valence-corrected chi connectivity index (χ3v) is 7.35. The highest BCUT2D eigenvalue weighted by Crippen LogP contribution is 2.38. The van der Waals surface area contributed by atoms with Gasteiger partial charge in [-0.05, 0) is 56.2 Å². The number of nitrogens with one attached hydrogen (secondary N) is 1. The molecule has 4 rings (SSSR count). The van der Waals surface area contributed by atoms with Gasteiger partial charge < -0.3 is 5.32 Å². The zero-order valence-electron chi connectivity index (χ0n) is 17.2. The van der Waals surface area contributed by atoms with E-state index in [1.807, 2.05) is 6.92 Å². The molecule has 1 atom stereocenters. The summed E-state index contributed by atoms with van der Waals surface area (Å²) in [5, 5.41) is 2.59. The first-order chi connectivity index (χ1) is 14.7. The summed E-state index contributed by atoms with van der Waals surface area (Å²) in [7, 11) is -4.01. The number of carbonyl (C=O) groups is 3. The van der Waals surface area contributed by atoms with Gasteiger partial charge in [0, 0.05) is 18.7 Å². The van der Waals surface area contributed by atoms with E-state index < -0.39 is 27.9 Å². The van der Waals surface area contributed by atoms with Gasteiger partial charge >= 0.3 is 0 Å². The lowest BCUT2D eigenvalue weighted by Gasteiger charge is -2.27. The highest BCUT2D eigenvalue weighted by atomic mass is 32.2. The lowest BCUT2D eigenvalue weighted by molar-refractivity contribution is -0.122. The van der Waals surface area contributed by atoms with Gasteiger partial charge in [0.05, 0.1) is 17.0 Å². The summed E-state index contributed by atoms with van der Waals surface area (Å²) in [5.74, 6) is -1.21. The molecule has 1 N–H and O–H groups in total. The van der Waals surface area contributed by atoms with Crippen LogP contribution in [0, 0.1) is 6.92 Å². The molecule has 2 aromatic rings. The number of rotatable bonds is 6. The molecule has 0 radical (unpaired) electrons. The monoisotopic (exact) mass is 441 g/mol. The summed E-state index contributed by atoms with van der Waals surface area (Å²) in [4.78, 5) is 38.2. The molecule has 2 aliphatic rings. The van der Waals surface area contributed by atoms with E-state index in [0.29, 0.717) is 24.2 Å². The molecule has 1 aliphatic carbocycles. The maximum absolute atomic E-state index is 13.4. The Kier molecular flexibility index (Phi) is 5.40. The molecule has 3 amide bonds. The molecule has 0 spiro atoms. The van der Waals surface area contributed by atoms with E-state index in [4.69, 9.17) is 0 Å². The predicted octanol–water partition coefficient (Wildman–Crippen LogP) is 2.44. The normalized spacial score (nSPS) is 19.2. The summed E-state index contributed by atoms with van der Waals surface area (Å²) in [6.07, 6.45) is 1.10. The Hall–Kier alpha value is -3.04. The fraction of sp³-hybridized carbons (Fsp3) is 0.318. The number of nitrogens with zero attached hydrogens (tertiary/aromatic N) is 2. The number of amides is 3. The molecule has 1 unspecified atom stereocenters. The first kappa shape index (κ1) is 21.2. The van der Waals surface area contributed by atoms with Gasteiger partial charge in [0.15, 0.2) is 0 Å². The lowest BCUT2D eigenvalue weighted by atomic mass is 10.2. The number of anilines is 2. The van der Waals surface area contributed by atoms with Crippen LogP contribution in [-0.4, -0.2) is 42.5 Å². The van der Waals surface area contributed by atoms with Crippen molar-refractivity contribution in [3.63, 3.8) is 0 Å². The second-order valence-electron chi connectivity index (χ2n) is 7.89. The standard InChI is InChI=1S/C22H23N3O5S/c1-14-3-7-17(8-4-14)24-21(27)13-20(22(24)28)25(18-9-10-18)31(29,30)19-11-5-16(6-12-19)23-15(2)26/h3-8,11-12,18,20H,9-10,13H2,1-2H3,(H,23,26). The van der Waals surface area contributed by atoms with Crippen molar-refractivity contribution in [2.45, 2.75) is 50.1 Å². The van der Waals surface area contributed by atoms with Gasteiger partial charge in [-0.25, -0.2) is 13.3 Å². The van der Waals surface area contributed by atoms with Gasteiger partial charge in [0.1, 0.15) is 6.04 Å². The Bertz CT molecular complexity index is 1140. The molecule has 1 heterocycles. The van der Waals surface area contributed by atoms with E-state index in [9.17, 15) is 22.8 Å². The lowest BCUT2D eigenvalue weighted by Crippen LogP contribution is -2.46.